The van der Waals surface area contributed by atoms with E-state index < -0.39 is 10.0 Å². The molecule has 2 N–H and O–H groups in total. The monoisotopic (exact) mass is 352 g/mol. The standard InChI is InChI=1S/C20H20N2O2S/c23-25(24,16-15-17-7-3-1-4-8-17)22-20-13-11-19(12-14-20)21-18-9-5-2-6-10-18/h1-14,21-22H,15-16H2. The summed E-state index contributed by atoms with van der Waals surface area (Å²) in [6.45, 7) is 0. The van der Waals surface area contributed by atoms with Gasteiger partial charge in [-0.15, -0.1) is 0 Å². The van der Waals surface area contributed by atoms with Crippen LogP contribution in [0.1, 0.15) is 5.56 Å². The van der Waals surface area contributed by atoms with E-state index in [1.807, 2.05) is 72.8 Å². The highest BCUT2D eigenvalue weighted by molar-refractivity contribution is 7.92. The SMILES string of the molecule is O=S(=O)(CCc1ccccc1)Nc1ccc(Nc2ccccc2)cc1. The minimum absolute atomic E-state index is 0.0566. The van der Waals surface area contributed by atoms with Crippen LogP contribution in [0, 0.1) is 0 Å². The molecule has 4 nitrogen and oxygen atoms in total. The van der Waals surface area contributed by atoms with Gasteiger partial charge < -0.3 is 5.32 Å². The average Bonchev–Trinajstić information content (AvgIpc) is 2.63. The van der Waals surface area contributed by atoms with Gasteiger partial charge in [-0.25, -0.2) is 8.42 Å². The Kier molecular flexibility index (Phi) is 5.36. The van der Waals surface area contributed by atoms with Gasteiger partial charge in [-0.05, 0) is 48.4 Å². The molecular weight excluding hydrogens is 332 g/mol. The van der Waals surface area contributed by atoms with Gasteiger partial charge in [0, 0.05) is 17.1 Å². The van der Waals surface area contributed by atoms with Gasteiger partial charge in [-0.3, -0.25) is 4.72 Å². The molecule has 0 saturated heterocycles. The van der Waals surface area contributed by atoms with Crippen molar-refractivity contribution >= 4 is 27.1 Å². The van der Waals surface area contributed by atoms with Crippen LogP contribution in [0.5, 0.6) is 0 Å². The molecular formula is C20H20N2O2S. The van der Waals surface area contributed by atoms with Crippen LogP contribution in [0.25, 0.3) is 0 Å². The third-order valence-electron chi connectivity index (χ3n) is 3.72. The second-order valence-electron chi connectivity index (χ2n) is 5.72. The summed E-state index contributed by atoms with van der Waals surface area (Å²) in [7, 11) is -3.37. The lowest BCUT2D eigenvalue weighted by atomic mass is 10.2. The smallest absolute Gasteiger partial charge is 0.233 e. The van der Waals surface area contributed by atoms with E-state index in [2.05, 4.69) is 10.0 Å². The number of nitrogens with one attached hydrogen (secondary N) is 2. The van der Waals surface area contributed by atoms with Crippen molar-refractivity contribution in [2.75, 3.05) is 15.8 Å². The van der Waals surface area contributed by atoms with E-state index in [1.165, 1.54) is 0 Å². The Labute approximate surface area is 148 Å². The molecule has 0 radical (unpaired) electrons. The van der Waals surface area contributed by atoms with E-state index in [9.17, 15) is 8.42 Å². The fourth-order valence-corrected chi connectivity index (χ4v) is 3.54. The Morgan fingerprint density at radius 2 is 1.16 bits per heavy atom. The maximum Gasteiger partial charge on any atom is 0.233 e. The molecule has 25 heavy (non-hydrogen) atoms. The lowest BCUT2D eigenvalue weighted by Crippen LogP contribution is -2.18. The highest BCUT2D eigenvalue weighted by atomic mass is 32.2. The predicted octanol–water partition coefficient (Wildman–Crippen LogP) is 4.41. The minimum atomic E-state index is -3.37. The molecule has 0 aliphatic rings. The molecule has 128 valence electrons. The van der Waals surface area contributed by atoms with Gasteiger partial charge in [-0.1, -0.05) is 48.5 Å². The van der Waals surface area contributed by atoms with E-state index in [0.29, 0.717) is 12.1 Å². The minimum Gasteiger partial charge on any atom is -0.356 e. The molecule has 5 heteroatoms. The van der Waals surface area contributed by atoms with Crippen LogP contribution < -0.4 is 10.0 Å². The molecule has 0 fully saturated rings. The number of benzene rings is 3. The lowest BCUT2D eigenvalue weighted by Gasteiger charge is -2.10. The highest BCUT2D eigenvalue weighted by Crippen LogP contribution is 2.19. The molecule has 0 bridgehead atoms. The molecule has 0 saturated carbocycles. The van der Waals surface area contributed by atoms with Crippen LogP contribution in [0.2, 0.25) is 0 Å². The van der Waals surface area contributed by atoms with Crippen molar-refractivity contribution in [2.24, 2.45) is 0 Å². The van der Waals surface area contributed by atoms with Crippen LogP contribution in [-0.4, -0.2) is 14.2 Å². The Morgan fingerprint density at radius 1 is 0.640 bits per heavy atom. The fourth-order valence-electron chi connectivity index (χ4n) is 2.44. The first-order chi connectivity index (χ1) is 12.1. The van der Waals surface area contributed by atoms with Crippen LogP contribution in [0.15, 0.2) is 84.9 Å². The summed E-state index contributed by atoms with van der Waals surface area (Å²) < 4.78 is 27.1. The predicted molar refractivity (Wildman–Crippen MR) is 104 cm³/mol. The molecule has 0 spiro atoms. The van der Waals surface area contributed by atoms with E-state index in [1.54, 1.807) is 12.1 Å². The molecule has 3 aromatic rings. The van der Waals surface area contributed by atoms with Gasteiger partial charge in [0.2, 0.25) is 10.0 Å². The number of rotatable bonds is 7. The number of para-hydroxylation sites is 1. The van der Waals surface area contributed by atoms with E-state index >= 15 is 0 Å². The first-order valence-electron chi connectivity index (χ1n) is 8.07. The van der Waals surface area contributed by atoms with Crippen molar-refractivity contribution in [3.63, 3.8) is 0 Å². The summed E-state index contributed by atoms with van der Waals surface area (Å²) in [6, 6.07) is 26.6. The molecule has 0 unspecified atom stereocenters. The third kappa shape index (κ3) is 5.36. The Bertz CT molecular complexity index is 893. The van der Waals surface area contributed by atoms with Crippen molar-refractivity contribution in [3.8, 4) is 0 Å². The molecule has 0 atom stereocenters. The Balaban J connectivity index is 1.58. The zero-order chi connectivity index (χ0) is 17.5. The number of anilines is 3. The van der Waals surface area contributed by atoms with Crippen LogP contribution in [0.4, 0.5) is 17.1 Å². The largest absolute Gasteiger partial charge is 0.356 e. The summed E-state index contributed by atoms with van der Waals surface area (Å²) in [5, 5.41) is 3.26. The number of hydrogen-bond donors (Lipinski definition) is 2. The molecule has 0 amide bonds. The second-order valence-corrected chi connectivity index (χ2v) is 7.57. The van der Waals surface area contributed by atoms with Gasteiger partial charge >= 0.3 is 0 Å². The van der Waals surface area contributed by atoms with Crippen molar-refractivity contribution in [1.82, 2.24) is 0 Å². The normalized spacial score (nSPS) is 11.0. The zero-order valence-corrected chi connectivity index (χ0v) is 14.5. The number of hydrogen-bond acceptors (Lipinski definition) is 3. The average molecular weight is 352 g/mol. The summed E-state index contributed by atoms with van der Waals surface area (Å²) in [6.07, 6.45) is 0.490. The van der Waals surface area contributed by atoms with Gasteiger partial charge in [0.05, 0.1) is 5.75 Å². The summed E-state index contributed by atoms with van der Waals surface area (Å²) in [5.41, 5.74) is 3.46. The molecule has 0 aromatic heterocycles. The molecule has 0 aliphatic heterocycles. The first kappa shape index (κ1) is 17.0. The van der Waals surface area contributed by atoms with Crippen molar-refractivity contribution in [3.05, 3.63) is 90.5 Å². The number of sulfonamides is 1. The van der Waals surface area contributed by atoms with Gasteiger partial charge in [-0.2, -0.15) is 0 Å². The van der Waals surface area contributed by atoms with Crippen molar-refractivity contribution < 1.29 is 8.42 Å². The van der Waals surface area contributed by atoms with Gasteiger partial charge in [0.15, 0.2) is 0 Å². The third-order valence-corrected chi connectivity index (χ3v) is 5.01. The quantitative estimate of drug-likeness (QED) is 0.662. The van der Waals surface area contributed by atoms with Gasteiger partial charge in [0.1, 0.15) is 0 Å². The Morgan fingerprint density at radius 3 is 1.80 bits per heavy atom. The van der Waals surface area contributed by atoms with Crippen LogP contribution in [0.3, 0.4) is 0 Å². The van der Waals surface area contributed by atoms with Crippen LogP contribution >= 0.6 is 0 Å². The summed E-state index contributed by atoms with van der Waals surface area (Å²) >= 11 is 0. The van der Waals surface area contributed by atoms with E-state index in [4.69, 9.17) is 0 Å². The maximum absolute atomic E-state index is 12.2. The fraction of sp³-hybridized carbons (Fsp3) is 0.100. The van der Waals surface area contributed by atoms with Gasteiger partial charge in [0.25, 0.3) is 0 Å². The Hall–Kier alpha value is -2.79. The first-order valence-corrected chi connectivity index (χ1v) is 9.72. The summed E-state index contributed by atoms with van der Waals surface area (Å²) in [4.78, 5) is 0. The second kappa shape index (κ2) is 7.85. The van der Waals surface area contributed by atoms with Crippen molar-refractivity contribution in [2.45, 2.75) is 6.42 Å². The number of aryl methyl sites for hydroxylation is 1. The molecule has 0 aliphatic carbocycles. The van der Waals surface area contributed by atoms with Crippen LogP contribution in [-0.2, 0) is 16.4 Å². The van der Waals surface area contributed by atoms with Crippen molar-refractivity contribution in [1.29, 1.82) is 0 Å². The lowest BCUT2D eigenvalue weighted by molar-refractivity contribution is 0.600. The zero-order valence-electron chi connectivity index (χ0n) is 13.7. The topological polar surface area (TPSA) is 58.2 Å². The summed E-state index contributed by atoms with van der Waals surface area (Å²) in [5.74, 6) is 0.0566. The van der Waals surface area contributed by atoms with E-state index in [-0.39, 0.29) is 5.75 Å². The van der Waals surface area contributed by atoms with E-state index in [0.717, 1.165) is 16.9 Å². The molecule has 0 heterocycles. The molecule has 3 rings (SSSR count). The highest BCUT2D eigenvalue weighted by Gasteiger charge is 2.10. The molecule has 3 aromatic carbocycles. The maximum atomic E-state index is 12.2.